The minimum atomic E-state index is -0.410. The Hall–Kier alpha value is -2.40. The Kier molecular flexibility index (Phi) is 7.86. The molecular formula is C24H31ClN2O3. The lowest BCUT2D eigenvalue weighted by Crippen LogP contribution is -2.46. The van der Waals surface area contributed by atoms with Crippen LogP contribution in [0.4, 0.5) is 11.4 Å². The Bertz CT molecular complexity index is 841. The van der Waals surface area contributed by atoms with Gasteiger partial charge in [0, 0.05) is 27.9 Å². The average molecular weight is 431 g/mol. The molecule has 2 unspecified atom stereocenters. The number of benzene rings is 2. The molecule has 30 heavy (non-hydrogen) atoms. The highest BCUT2D eigenvalue weighted by Gasteiger charge is 2.41. The fraction of sp³-hybridized carbons (Fsp3) is 0.458. The van der Waals surface area contributed by atoms with E-state index in [1.54, 1.807) is 7.11 Å². The topological polar surface area (TPSA) is 59.6 Å². The zero-order valence-electron chi connectivity index (χ0n) is 17.9. The molecular weight excluding hydrogens is 400 g/mol. The largest absolute Gasteiger partial charge is 0.497 e. The molecule has 1 aliphatic rings. The molecule has 0 aromatic heterocycles. The third-order valence-corrected chi connectivity index (χ3v) is 5.86. The van der Waals surface area contributed by atoms with Gasteiger partial charge in [0.2, 0.25) is 0 Å². The van der Waals surface area contributed by atoms with Crippen molar-refractivity contribution in [3.05, 3.63) is 53.1 Å². The molecule has 2 aromatic carbocycles. The number of ether oxygens (including phenoxy) is 2. The first-order valence-electron chi connectivity index (χ1n) is 10.7. The van der Waals surface area contributed by atoms with Crippen LogP contribution in [0, 0.1) is 5.92 Å². The van der Waals surface area contributed by atoms with Crippen LogP contribution in [0.3, 0.4) is 0 Å². The van der Waals surface area contributed by atoms with Crippen LogP contribution in [0.1, 0.15) is 51.1 Å². The lowest BCUT2D eigenvalue weighted by Gasteiger charge is -2.40. The van der Waals surface area contributed by atoms with E-state index in [-0.39, 0.29) is 17.9 Å². The predicted octanol–water partition coefficient (Wildman–Crippen LogP) is 6.06. The molecule has 2 aromatic rings. The maximum atomic E-state index is 12.9. The summed E-state index contributed by atoms with van der Waals surface area (Å²) in [5, 5.41) is 7.79. The molecule has 0 saturated carbocycles. The molecule has 0 amide bonds. The van der Waals surface area contributed by atoms with Gasteiger partial charge in [-0.2, -0.15) is 0 Å². The molecule has 0 saturated heterocycles. The van der Waals surface area contributed by atoms with Crippen molar-refractivity contribution in [3.8, 4) is 5.75 Å². The van der Waals surface area contributed by atoms with Gasteiger partial charge in [0.1, 0.15) is 11.8 Å². The Balaban J connectivity index is 2.01. The van der Waals surface area contributed by atoms with Crippen molar-refractivity contribution in [2.75, 3.05) is 24.4 Å². The Morgan fingerprint density at radius 2 is 1.90 bits per heavy atom. The van der Waals surface area contributed by atoms with Gasteiger partial charge >= 0.3 is 5.97 Å². The quantitative estimate of drug-likeness (QED) is 0.374. The van der Waals surface area contributed by atoms with E-state index in [9.17, 15) is 4.79 Å². The average Bonchev–Trinajstić information content (AvgIpc) is 2.76. The summed E-state index contributed by atoms with van der Waals surface area (Å²) in [5.74, 6) is 0.620. The fourth-order valence-corrected chi connectivity index (χ4v) is 4.22. The molecule has 6 heteroatoms. The number of carbonyl (C=O) groups is 1. The van der Waals surface area contributed by atoms with Crippen LogP contribution in [-0.4, -0.2) is 25.7 Å². The van der Waals surface area contributed by atoms with Gasteiger partial charge in [-0.15, -0.1) is 0 Å². The maximum absolute atomic E-state index is 12.9. The van der Waals surface area contributed by atoms with Gasteiger partial charge in [-0.25, -0.2) is 4.79 Å². The van der Waals surface area contributed by atoms with Crippen LogP contribution in [0.15, 0.2) is 42.5 Å². The first kappa shape index (κ1) is 22.3. The summed E-state index contributed by atoms with van der Waals surface area (Å²) in [5.41, 5.74) is 2.97. The first-order chi connectivity index (χ1) is 14.6. The summed E-state index contributed by atoms with van der Waals surface area (Å²) >= 11 is 6.07. The van der Waals surface area contributed by atoms with Crippen LogP contribution in [0.25, 0.3) is 0 Å². The van der Waals surface area contributed by atoms with Gasteiger partial charge in [0.05, 0.1) is 19.8 Å². The highest BCUT2D eigenvalue weighted by Crippen LogP contribution is 2.43. The van der Waals surface area contributed by atoms with Gasteiger partial charge in [-0.1, -0.05) is 37.8 Å². The second kappa shape index (κ2) is 10.6. The monoisotopic (exact) mass is 430 g/mol. The van der Waals surface area contributed by atoms with Gasteiger partial charge in [-0.05, 0) is 55.8 Å². The third kappa shape index (κ3) is 5.20. The number of halogens is 1. The SMILES string of the molecule is CCCCCC1C(C(=O)OCC)Nc2ccc(OC)cc2[C@H]1Nc1ccc(Cl)cc1. The molecule has 0 radical (unpaired) electrons. The number of rotatable bonds is 9. The maximum Gasteiger partial charge on any atom is 0.328 e. The molecule has 2 N–H and O–H groups in total. The number of anilines is 2. The van der Waals surface area contributed by atoms with Gasteiger partial charge in [0.25, 0.3) is 0 Å². The highest BCUT2D eigenvalue weighted by molar-refractivity contribution is 6.30. The second-order valence-corrected chi connectivity index (χ2v) is 8.05. The van der Waals surface area contributed by atoms with E-state index < -0.39 is 6.04 Å². The van der Waals surface area contributed by atoms with E-state index in [0.717, 1.165) is 48.4 Å². The van der Waals surface area contributed by atoms with E-state index in [4.69, 9.17) is 21.1 Å². The molecule has 1 aliphatic heterocycles. The summed E-state index contributed by atoms with van der Waals surface area (Å²) < 4.78 is 10.9. The van der Waals surface area contributed by atoms with E-state index >= 15 is 0 Å². The summed E-state index contributed by atoms with van der Waals surface area (Å²) in [6, 6.07) is 13.1. The van der Waals surface area contributed by atoms with Crippen LogP contribution < -0.4 is 15.4 Å². The van der Waals surface area contributed by atoms with Crippen molar-refractivity contribution < 1.29 is 14.3 Å². The Labute approximate surface area is 184 Å². The number of hydrogen-bond donors (Lipinski definition) is 2. The lowest BCUT2D eigenvalue weighted by molar-refractivity contribution is -0.145. The number of fused-ring (bicyclic) bond motifs is 1. The van der Waals surface area contributed by atoms with Gasteiger partial charge in [-0.3, -0.25) is 0 Å². The number of methoxy groups -OCH3 is 1. The zero-order valence-corrected chi connectivity index (χ0v) is 18.7. The van der Waals surface area contributed by atoms with Crippen molar-refractivity contribution in [1.82, 2.24) is 0 Å². The van der Waals surface area contributed by atoms with E-state index in [0.29, 0.717) is 11.6 Å². The molecule has 5 nitrogen and oxygen atoms in total. The molecule has 3 atom stereocenters. The summed E-state index contributed by atoms with van der Waals surface area (Å²) in [4.78, 5) is 12.9. The van der Waals surface area contributed by atoms with Gasteiger partial charge in [0.15, 0.2) is 0 Å². The van der Waals surface area contributed by atoms with Crippen molar-refractivity contribution >= 4 is 28.9 Å². The third-order valence-electron chi connectivity index (χ3n) is 5.61. The van der Waals surface area contributed by atoms with Crippen LogP contribution in [0.2, 0.25) is 5.02 Å². The smallest absolute Gasteiger partial charge is 0.328 e. The van der Waals surface area contributed by atoms with Gasteiger partial charge < -0.3 is 20.1 Å². The predicted molar refractivity (Wildman–Crippen MR) is 122 cm³/mol. The normalized spacial score (nSPS) is 20.1. The minimum absolute atomic E-state index is 0.0332. The molecule has 3 rings (SSSR count). The highest BCUT2D eigenvalue weighted by atomic mass is 35.5. The standard InChI is InChI=1S/C24H31ClN2O3/c1-4-6-7-8-19-22(26-17-11-9-16(25)10-12-17)20-15-18(29-3)13-14-21(20)27-23(19)24(28)30-5-2/h9-15,19,22-23,26-27H,4-8H2,1-3H3/t19?,22-,23?/m0/s1. The van der Waals surface area contributed by atoms with Crippen LogP contribution >= 0.6 is 11.6 Å². The number of nitrogens with one attached hydrogen (secondary N) is 2. The van der Waals surface area contributed by atoms with Crippen molar-refractivity contribution in [1.29, 1.82) is 0 Å². The van der Waals surface area contributed by atoms with Crippen LogP contribution in [0.5, 0.6) is 5.75 Å². The molecule has 0 spiro atoms. The van der Waals surface area contributed by atoms with E-state index in [1.807, 2.05) is 49.4 Å². The Morgan fingerprint density at radius 3 is 2.57 bits per heavy atom. The van der Waals surface area contributed by atoms with Crippen molar-refractivity contribution in [3.63, 3.8) is 0 Å². The molecule has 0 aliphatic carbocycles. The lowest BCUT2D eigenvalue weighted by atomic mass is 9.79. The molecule has 0 fully saturated rings. The Morgan fingerprint density at radius 1 is 1.13 bits per heavy atom. The second-order valence-electron chi connectivity index (χ2n) is 7.62. The van der Waals surface area contributed by atoms with Crippen molar-refractivity contribution in [2.24, 2.45) is 5.92 Å². The first-order valence-corrected chi connectivity index (χ1v) is 11.1. The van der Waals surface area contributed by atoms with E-state index in [1.165, 1.54) is 0 Å². The van der Waals surface area contributed by atoms with Crippen LogP contribution in [-0.2, 0) is 9.53 Å². The number of esters is 1. The van der Waals surface area contributed by atoms with E-state index in [2.05, 4.69) is 17.6 Å². The number of hydrogen-bond acceptors (Lipinski definition) is 5. The zero-order chi connectivity index (χ0) is 21.5. The molecule has 1 heterocycles. The number of unbranched alkanes of at least 4 members (excludes halogenated alkanes) is 2. The molecule has 0 bridgehead atoms. The minimum Gasteiger partial charge on any atom is -0.497 e. The fourth-order valence-electron chi connectivity index (χ4n) is 4.09. The summed E-state index contributed by atoms with van der Waals surface area (Å²) in [6.45, 7) is 4.39. The summed E-state index contributed by atoms with van der Waals surface area (Å²) in [7, 11) is 1.67. The number of carbonyl (C=O) groups excluding carboxylic acids is 1. The molecule has 162 valence electrons. The van der Waals surface area contributed by atoms with Crippen molar-refractivity contribution in [2.45, 2.75) is 51.6 Å². The summed E-state index contributed by atoms with van der Waals surface area (Å²) in [6.07, 6.45) is 4.22.